The van der Waals surface area contributed by atoms with Gasteiger partial charge in [-0.1, -0.05) is 0 Å². The highest BCUT2D eigenvalue weighted by atomic mass is 35.5. The molecule has 0 fully saturated rings. The number of halogens is 2. The zero-order valence-corrected chi connectivity index (χ0v) is 9.39. The van der Waals surface area contributed by atoms with Gasteiger partial charge in [-0.05, 0) is 35.9 Å². The van der Waals surface area contributed by atoms with Gasteiger partial charge >= 0.3 is 0 Å². The van der Waals surface area contributed by atoms with Gasteiger partial charge in [-0.15, -0.1) is 12.4 Å². The minimum Gasteiger partial charge on any atom is -0.385 e. The second kappa shape index (κ2) is 5.47. The van der Waals surface area contributed by atoms with Gasteiger partial charge in [0.25, 0.3) is 0 Å². The lowest BCUT2D eigenvalue weighted by Gasteiger charge is -2.15. The number of anilines is 1. The Bertz CT molecular complexity index is 306. The standard InChI is InChI=1S/C10H12FNS.ClH/c11-9-2-3-10-8(6-9)7-13-5-1-4-12-10;/h2-3,6,12H,1,4-5,7H2;1H. The largest absolute Gasteiger partial charge is 0.385 e. The molecular formula is C10H13ClFNS. The second-order valence-electron chi connectivity index (χ2n) is 3.13. The Balaban J connectivity index is 0.000000980. The predicted octanol–water partition coefficient (Wildman–Crippen LogP) is 3.30. The van der Waals surface area contributed by atoms with Crippen molar-refractivity contribution in [2.75, 3.05) is 17.6 Å². The van der Waals surface area contributed by atoms with Crippen LogP contribution in [0.1, 0.15) is 12.0 Å². The number of nitrogens with one attached hydrogen (secondary N) is 1. The summed E-state index contributed by atoms with van der Waals surface area (Å²) in [6.45, 7) is 0.992. The second-order valence-corrected chi connectivity index (χ2v) is 4.24. The van der Waals surface area contributed by atoms with Gasteiger partial charge in [-0.3, -0.25) is 0 Å². The molecule has 4 heteroatoms. The lowest BCUT2D eigenvalue weighted by molar-refractivity contribution is 0.626. The van der Waals surface area contributed by atoms with Crippen LogP contribution >= 0.6 is 24.2 Å². The Hall–Kier alpha value is -0.410. The number of fused-ring (bicyclic) bond motifs is 1. The monoisotopic (exact) mass is 233 g/mol. The summed E-state index contributed by atoms with van der Waals surface area (Å²) in [5.74, 6) is 1.94. The molecule has 0 saturated heterocycles. The number of hydrogen-bond acceptors (Lipinski definition) is 2. The van der Waals surface area contributed by atoms with E-state index in [9.17, 15) is 4.39 Å². The van der Waals surface area contributed by atoms with Crippen LogP contribution in [0.15, 0.2) is 18.2 Å². The molecule has 1 nitrogen and oxygen atoms in total. The van der Waals surface area contributed by atoms with Crippen LogP contribution in [-0.4, -0.2) is 12.3 Å². The molecule has 0 aliphatic carbocycles. The Morgan fingerprint density at radius 2 is 2.21 bits per heavy atom. The molecule has 0 amide bonds. The molecule has 0 unspecified atom stereocenters. The summed E-state index contributed by atoms with van der Waals surface area (Å²) in [6.07, 6.45) is 1.18. The van der Waals surface area contributed by atoms with Crippen LogP contribution in [0, 0.1) is 5.82 Å². The van der Waals surface area contributed by atoms with Crippen LogP contribution in [0.25, 0.3) is 0 Å². The summed E-state index contributed by atoms with van der Waals surface area (Å²) in [5.41, 5.74) is 2.18. The lowest BCUT2D eigenvalue weighted by atomic mass is 10.2. The van der Waals surface area contributed by atoms with E-state index in [-0.39, 0.29) is 18.2 Å². The van der Waals surface area contributed by atoms with Crippen LogP contribution in [0.5, 0.6) is 0 Å². The van der Waals surface area contributed by atoms with Crippen molar-refractivity contribution in [1.82, 2.24) is 0 Å². The van der Waals surface area contributed by atoms with Crippen LogP contribution in [-0.2, 0) is 5.75 Å². The zero-order chi connectivity index (χ0) is 9.10. The fourth-order valence-electron chi connectivity index (χ4n) is 1.43. The molecule has 0 spiro atoms. The van der Waals surface area contributed by atoms with Crippen molar-refractivity contribution in [3.63, 3.8) is 0 Å². The lowest BCUT2D eigenvalue weighted by Crippen LogP contribution is -2.07. The van der Waals surface area contributed by atoms with Gasteiger partial charge in [0.1, 0.15) is 5.82 Å². The van der Waals surface area contributed by atoms with Crippen LogP contribution in [0.2, 0.25) is 0 Å². The molecule has 0 aromatic heterocycles. The Labute approximate surface area is 93.9 Å². The third-order valence-electron chi connectivity index (χ3n) is 2.11. The van der Waals surface area contributed by atoms with Gasteiger partial charge in [-0.25, -0.2) is 4.39 Å². The van der Waals surface area contributed by atoms with Crippen LogP contribution in [0.4, 0.5) is 10.1 Å². The summed E-state index contributed by atoms with van der Waals surface area (Å²) in [6, 6.07) is 4.97. The first kappa shape index (κ1) is 11.7. The number of hydrogen-bond donors (Lipinski definition) is 1. The van der Waals surface area contributed by atoms with E-state index in [1.165, 1.54) is 12.5 Å². The molecule has 14 heavy (non-hydrogen) atoms. The molecule has 1 N–H and O–H groups in total. The van der Waals surface area contributed by atoms with Crippen molar-refractivity contribution in [1.29, 1.82) is 0 Å². The predicted molar refractivity (Wildman–Crippen MR) is 62.9 cm³/mol. The number of rotatable bonds is 0. The summed E-state index contributed by atoms with van der Waals surface area (Å²) < 4.78 is 12.9. The maximum Gasteiger partial charge on any atom is 0.123 e. The first-order valence-corrected chi connectivity index (χ1v) is 5.62. The van der Waals surface area contributed by atoms with Crippen molar-refractivity contribution in [3.8, 4) is 0 Å². The topological polar surface area (TPSA) is 12.0 Å². The van der Waals surface area contributed by atoms with Gasteiger partial charge in [-0.2, -0.15) is 11.8 Å². The highest BCUT2D eigenvalue weighted by Crippen LogP contribution is 2.24. The van der Waals surface area contributed by atoms with E-state index in [0.717, 1.165) is 29.3 Å². The van der Waals surface area contributed by atoms with Gasteiger partial charge in [0.15, 0.2) is 0 Å². The normalized spacial score (nSPS) is 15.5. The molecule has 0 saturated carbocycles. The van der Waals surface area contributed by atoms with Crippen molar-refractivity contribution in [2.24, 2.45) is 0 Å². The molecule has 0 radical (unpaired) electrons. The van der Waals surface area contributed by atoms with Crippen LogP contribution < -0.4 is 5.32 Å². The van der Waals surface area contributed by atoms with Gasteiger partial charge < -0.3 is 5.32 Å². The van der Waals surface area contributed by atoms with Crippen molar-refractivity contribution in [2.45, 2.75) is 12.2 Å². The molecule has 0 atom stereocenters. The number of thioether (sulfide) groups is 1. The van der Waals surface area contributed by atoms with Crippen molar-refractivity contribution in [3.05, 3.63) is 29.6 Å². The van der Waals surface area contributed by atoms with E-state index in [0.29, 0.717) is 0 Å². The Morgan fingerprint density at radius 3 is 3.07 bits per heavy atom. The van der Waals surface area contributed by atoms with E-state index in [2.05, 4.69) is 5.32 Å². The molecule has 1 aromatic carbocycles. The third kappa shape index (κ3) is 2.79. The number of benzene rings is 1. The molecule has 1 heterocycles. The molecule has 78 valence electrons. The summed E-state index contributed by atoms with van der Waals surface area (Å²) >= 11 is 1.87. The molecule has 2 rings (SSSR count). The molecule has 1 aromatic rings. The van der Waals surface area contributed by atoms with Crippen molar-refractivity contribution < 1.29 is 4.39 Å². The Morgan fingerprint density at radius 1 is 1.36 bits per heavy atom. The molecule has 1 aliphatic rings. The van der Waals surface area contributed by atoms with E-state index in [1.807, 2.05) is 17.8 Å². The summed E-state index contributed by atoms with van der Waals surface area (Å²) in [5, 5.41) is 3.31. The van der Waals surface area contributed by atoms with Crippen LogP contribution in [0.3, 0.4) is 0 Å². The molecule has 1 aliphatic heterocycles. The first-order valence-electron chi connectivity index (χ1n) is 4.46. The van der Waals surface area contributed by atoms with Crippen molar-refractivity contribution >= 4 is 29.9 Å². The summed E-state index contributed by atoms with van der Waals surface area (Å²) in [7, 11) is 0. The van der Waals surface area contributed by atoms with Gasteiger partial charge in [0.05, 0.1) is 0 Å². The summed E-state index contributed by atoms with van der Waals surface area (Å²) in [4.78, 5) is 0. The van der Waals surface area contributed by atoms with E-state index < -0.39 is 0 Å². The first-order chi connectivity index (χ1) is 6.36. The smallest absolute Gasteiger partial charge is 0.123 e. The Kier molecular flexibility index (Phi) is 4.55. The third-order valence-corrected chi connectivity index (χ3v) is 3.20. The average Bonchev–Trinajstić information content (AvgIpc) is 2.08. The highest BCUT2D eigenvalue weighted by Gasteiger charge is 2.06. The minimum absolute atomic E-state index is 0. The fraction of sp³-hybridized carbons (Fsp3) is 0.400. The highest BCUT2D eigenvalue weighted by molar-refractivity contribution is 7.98. The van der Waals surface area contributed by atoms with E-state index in [1.54, 1.807) is 6.07 Å². The van der Waals surface area contributed by atoms with E-state index >= 15 is 0 Å². The fourth-order valence-corrected chi connectivity index (χ4v) is 2.39. The zero-order valence-electron chi connectivity index (χ0n) is 7.75. The molecular weight excluding hydrogens is 221 g/mol. The van der Waals surface area contributed by atoms with Gasteiger partial charge in [0, 0.05) is 18.0 Å². The quantitative estimate of drug-likeness (QED) is 0.738. The van der Waals surface area contributed by atoms with Gasteiger partial charge in [0.2, 0.25) is 0 Å². The SMILES string of the molecule is Cl.Fc1ccc2c(c1)CSCCCN2. The maximum atomic E-state index is 12.9. The molecule has 0 bridgehead atoms. The van der Waals surface area contributed by atoms with E-state index in [4.69, 9.17) is 0 Å². The maximum absolute atomic E-state index is 12.9. The average molecular weight is 234 g/mol. The minimum atomic E-state index is -0.137.